The first kappa shape index (κ1) is 15.8. The molecule has 0 saturated carbocycles. The Morgan fingerprint density at radius 2 is 2.14 bits per heavy atom. The summed E-state index contributed by atoms with van der Waals surface area (Å²) in [5, 5.41) is 12.3. The number of nitrogens with one attached hydrogen (secondary N) is 1. The number of benzene rings is 1. The van der Waals surface area contributed by atoms with Gasteiger partial charge in [0.2, 0.25) is 5.91 Å². The fourth-order valence-corrected chi connectivity index (χ4v) is 3.00. The predicted molar refractivity (Wildman–Crippen MR) is 81.7 cm³/mol. The maximum atomic E-state index is 12.1. The van der Waals surface area contributed by atoms with Crippen molar-refractivity contribution in [2.45, 2.75) is 20.3 Å². The van der Waals surface area contributed by atoms with E-state index in [0.29, 0.717) is 30.2 Å². The van der Waals surface area contributed by atoms with Crippen LogP contribution < -0.4 is 5.32 Å². The minimum absolute atomic E-state index is 0.171. The van der Waals surface area contributed by atoms with Gasteiger partial charge < -0.3 is 10.4 Å². The number of halogens is 1. The van der Waals surface area contributed by atoms with Gasteiger partial charge in [-0.1, -0.05) is 17.7 Å². The molecule has 21 heavy (non-hydrogen) atoms. The lowest BCUT2D eigenvalue weighted by Gasteiger charge is -2.16. The summed E-state index contributed by atoms with van der Waals surface area (Å²) >= 11 is 6.15. The summed E-state index contributed by atoms with van der Waals surface area (Å²) in [6.45, 7) is 5.08. The number of anilines is 1. The number of amides is 1. The third-order valence-corrected chi connectivity index (χ3v) is 3.98. The molecule has 1 fully saturated rings. The second-order valence-electron chi connectivity index (χ2n) is 5.55. The smallest absolute Gasteiger partial charge is 0.307 e. The summed E-state index contributed by atoms with van der Waals surface area (Å²) < 4.78 is 0. The molecular formula is C15H19ClN2O3. The fraction of sp³-hybridized carbons (Fsp3) is 0.467. The molecule has 1 unspecified atom stereocenters. The molecular weight excluding hydrogens is 292 g/mol. The lowest BCUT2D eigenvalue weighted by molar-refractivity contribution is -0.141. The van der Waals surface area contributed by atoms with Crippen LogP contribution in [0, 0.1) is 19.8 Å². The Bertz CT molecular complexity index is 551. The number of hydrogen-bond donors (Lipinski definition) is 2. The number of aliphatic carboxylic acids is 1. The normalized spacial score (nSPS) is 18.7. The molecule has 1 atom stereocenters. The maximum absolute atomic E-state index is 12.1. The van der Waals surface area contributed by atoms with Crippen LogP contribution in [0.5, 0.6) is 0 Å². The van der Waals surface area contributed by atoms with Crippen LogP contribution in [0.1, 0.15) is 17.5 Å². The molecule has 2 rings (SSSR count). The molecule has 114 valence electrons. The van der Waals surface area contributed by atoms with Crippen LogP contribution in [-0.2, 0) is 9.59 Å². The van der Waals surface area contributed by atoms with E-state index in [-0.39, 0.29) is 18.4 Å². The Kier molecular flexibility index (Phi) is 4.85. The fourth-order valence-electron chi connectivity index (χ4n) is 2.63. The Hall–Kier alpha value is -1.59. The van der Waals surface area contributed by atoms with Gasteiger partial charge in [0.15, 0.2) is 0 Å². The van der Waals surface area contributed by atoms with Crippen molar-refractivity contribution in [1.29, 1.82) is 0 Å². The summed E-state index contributed by atoms with van der Waals surface area (Å²) in [4.78, 5) is 24.8. The number of nitrogens with zero attached hydrogens (tertiary/aromatic N) is 1. The van der Waals surface area contributed by atoms with Crippen LogP contribution in [0.25, 0.3) is 0 Å². The minimum Gasteiger partial charge on any atom is -0.481 e. The molecule has 0 bridgehead atoms. The summed E-state index contributed by atoms with van der Waals surface area (Å²) in [7, 11) is 0. The molecule has 1 aliphatic heterocycles. The van der Waals surface area contributed by atoms with Crippen molar-refractivity contribution in [2.75, 3.05) is 25.0 Å². The van der Waals surface area contributed by atoms with Gasteiger partial charge in [-0.25, -0.2) is 0 Å². The number of carboxylic acid groups (broad SMARTS) is 1. The van der Waals surface area contributed by atoms with Crippen LogP contribution in [0.2, 0.25) is 5.02 Å². The minimum atomic E-state index is -0.796. The quantitative estimate of drug-likeness (QED) is 0.895. The molecule has 0 spiro atoms. The summed E-state index contributed by atoms with van der Waals surface area (Å²) in [5.74, 6) is -1.34. The molecule has 5 nitrogen and oxygen atoms in total. The Morgan fingerprint density at radius 1 is 1.43 bits per heavy atom. The van der Waals surface area contributed by atoms with E-state index in [1.165, 1.54) is 0 Å². The highest BCUT2D eigenvalue weighted by Gasteiger charge is 2.29. The van der Waals surface area contributed by atoms with E-state index in [9.17, 15) is 9.59 Å². The van der Waals surface area contributed by atoms with Gasteiger partial charge in [-0.05, 0) is 44.0 Å². The number of aryl methyl sites for hydroxylation is 2. The molecule has 1 amide bonds. The van der Waals surface area contributed by atoms with Crippen molar-refractivity contribution >= 4 is 29.2 Å². The average Bonchev–Trinajstić information content (AvgIpc) is 2.82. The van der Waals surface area contributed by atoms with Crippen molar-refractivity contribution in [3.63, 3.8) is 0 Å². The molecule has 0 aromatic heterocycles. The van der Waals surface area contributed by atoms with Crippen molar-refractivity contribution < 1.29 is 14.7 Å². The third-order valence-electron chi connectivity index (χ3n) is 3.68. The molecule has 2 N–H and O–H groups in total. The van der Waals surface area contributed by atoms with Gasteiger partial charge in [0.1, 0.15) is 0 Å². The molecule has 0 radical (unpaired) electrons. The monoisotopic (exact) mass is 310 g/mol. The zero-order chi connectivity index (χ0) is 15.6. The van der Waals surface area contributed by atoms with E-state index in [4.69, 9.17) is 16.7 Å². The Labute approximate surface area is 128 Å². The van der Waals surface area contributed by atoms with E-state index in [0.717, 1.165) is 11.1 Å². The van der Waals surface area contributed by atoms with Crippen molar-refractivity contribution in [2.24, 2.45) is 5.92 Å². The van der Waals surface area contributed by atoms with Crippen molar-refractivity contribution in [3.05, 3.63) is 28.3 Å². The average molecular weight is 311 g/mol. The van der Waals surface area contributed by atoms with Gasteiger partial charge in [0.05, 0.1) is 23.2 Å². The molecule has 1 saturated heterocycles. The molecule has 1 heterocycles. The van der Waals surface area contributed by atoms with E-state index < -0.39 is 5.97 Å². The van der Waals surface area contributed by atoms with E-state index >= 15 is 0 Å². The van der Waals surface area contributed by atoms with Crippen LogP contribution in [-0.4, -0.2) is 41.5 Å². The standard InChI is InChI=1S/C15H19ClN2O3/c1-9-5-10(2)14(12(16)6-9)17-13(19)8-18-4-3-11(7-18)15(20)21/h5-6,11H,3-4,7-8H2,1-2H3,(H,17,19)(H,20,21). The molecule has 1 aromatic carbocycles. The summed E-state index contributed by atoms with van der Waals surface area (Å²) in [6.07, 6.45) is 0.590. The molecule has 0 aliphatic carbocycles. The van der Waals surface area contributed by atoms with Crippen LogP contribution in [0.4, 0.5) is 5.69 Å². The van der Waals surface area contributed by atoms with E-state index in [2.05, 4.69) is 5.32 Å². The van der Waals surface area contributed by atoms with Gasteiger partial charge >= 0.3 is 5.97 Å². The molecule has 1 aromatic rings. The SMILES string of the molecule is Cc1cc(C)c(NC(=O)CN2CCC(C(=O)O)C2)c(Cl)c1. The topological polar surface area (TPSA) is 69.6 Å². The Morgan fingerprint density at radius 3 is 2.71 bits per heavy atom. The zero-order valence-electron chi connectivity index (χ0n) is 12.1. The highest BCUT2D eigenvalue weighted by molar-refractivity contribution is 6.34. The number of hydrogen-bond acceptors (Lipinski definition) is 3. The molecule has 1 aliphatic rings. The lowest BCUT2D eigenvalue weighted by atomic mass is 10.1. The second-order valence-corrected chi connectivity index (χ2v) is 5.95. The van der Waals surface area contributed by atoms with Gasteiger partial charge in [0.25, 0.3) is 0 Å². The highest BCUT2D eigenvalue weighted by Crippen LogP contribution is 2.27. The number of likely N-dealkylation sites (tertiary alicyclic amines) is 1. The van der Waals surface area contributed by atoms with E-state index in [1.54, 1.807) is 6.07 Å². The first-order valence-electron chi connectivity index (χ1n) is 6.88. The highest BCUT2D eigenvalue weighted by atomic mass is 35.5. The van der Waals surface area contributed by atoms with E-state index in [1.807, 2.05) is 24.8 Å². The number of carboxylic acids is 1. The maximum Gasteiger partial charge on any atom is 0.307 e. The van der Waals surface area contributed by atoms with Crippen LogP contribution in [0.15, 0.2) is 12.1 Å². The van der Waals surface area contributed by atoms with Crippen LogP contribution >= 0.6 is 11.6 Å². The van der Waals surface area contributed by atoms with Crippen LogP contribution in [0.3, 0.4) is 0 Å². The largest absolute Gasteiger partial charge is 0.481 e. The van der Waals surface area contributed by atoms with Gasteiger partial charge in [0, 0.05) is 6.54 Å². The zero-order valence-corrected chi connectivity index (χ0v) is 12.9. The first-order chi connectivity index (χ1) is 9.86. The molecule has 6 heteroatoms. The predicted octanol–water partition coefficient (Wildman–Crippen LogP) is 2.30. The summed E-state index contributed by atoms with van der Waals surface area (Å²) in [6, 6.07) is 3.76. The number of carbonyl (C=O) groups is 2. The van der Waals surface area contributed by atoms with Gasteiger partial charge in [-0.2, -0.15) is 0 Å². The third kappa shape index (κ3) is 3.95. The number of rotatable bonds is 4. The number of carbonyl (C=O) groups excluding carboxylic acids is 1. The second kappa shape index (κ2) is 6.45. The summed E-state index contributed by atoms with van der Waals surface area (Å²) in [5.41, 5.74) is 2.58. The van der Waals surface area contributed by atoms with Crippen molar-refractivity contribution in [1.82, 2.24) is 4.90 Å². The van der Waals surface area contributed by atoms with Crippen molar-refractivity contribution in [3.8, 4) is 0 Å². The van der Waals surface area contributed by atoms with Gasteiger partial charge in [-0.3, -0.25) is 14.5 Å². The Balaban J connectivity index is 1.96. The first-order valence-corrected chi connectivity index (χ1v) is 7.26. The van der Waals surface area contributed by atoms with Gasteiger partial charge in [-0.15, -0.1) is 0 Å². The lowest BCUT2D eigenvalue weighted by Crippen LogP contribution is -2.32.